The van der Waals surface area contributed by atoms with Crippen LogP contribution in [0.5, 0.6) is 5.75 Å². The van der Waals surface area contributed by atoms with E-state index in [1.165, 1.54) is 11.3 Å². The third-order valence-corrected chi connectivity index (χ3v) is 5.64. The molecular weight excluding hydrogens is 434 g/mol. The fraction of sp³-hybridized carbons (Fsp3) is 0.133. The summed E-state index contributed by atoms with van der Waals surface area (Å²) in [6.07, 6.45) is 0. The van der Waals surface area contributed by atoms with Crippen molar-refractivity contribution in [3.8, 4) is 16.5 Å². The number of hydrogen-bond donors (Lipinski definition) is 1. The van der Waals surface area contributed by atoms with Gasteiger partial charge in [0.05, 0.1) is 8.66 Å². The lowest BCUT2D eigenvalue weighted by Crippen LogP contribution is -2.20. The molecule has 0 fully saturated rings. The van der Waals surface area contributed by atoms with Crippen molar-refractivity contribution >= 4 is 61.4 Å². The molecule has 1 amide bonds. The number of carbonyl (C=O) groups excluding carboxylic acids is 1. The van der Waals surface area contributed by atoms with Gasteiger partial charge < -0.3 is 4.74 Å². The summed E-state index contributed by atoms with van der Waals surface area (Å²) in [5.41, 5.74) is 0.894. The molecule has 3 aromatic rings. The Labute approximate surface area is 159 Å². The van der Waals surface area contributed by atoms with Crippen LogP contribution in [-0.2, 0) is 4.79 Å². The van der Waals surface area contributed by atoms with Crippen LogP contribution < -0.4 is 10.1 Å². The summed E-state index contributed by atoms with van der Waals surface area (Å²) in [7, 11) is 0. The van der Waals surface area contributed by atoms with Crippen molar-refractivity contribution < 1.29 is 9.53 Å². The molecule has 0 saturated heterocycles. The number of anilines is 1. The number of nitrogens with zero attached hydrogens (tertiary/aromatic N) is 2. The zero-order valence-corrected chi connectivity index (χ0v) is 16.4. The molecule has 0 aliphatic heterocycles. The molecule has 3 rings (SSSR count). The highest BCUT2D eigenvalue weighted by Crippen LogP contribution is 2.31. The lowest BCUT2D eigenvalue weighted by Gasteiger charge is -2.07. The maximum atomic E-state index is 12.0. The standard InChI is InChI=1S/C15H11BrClN3O2S2/c1-8-6-9(2-3-10(8)17)22-7-13(21)18-15-19-14(20-24-15)11-4-5-12(16)23-11/h2-6H,7H2,1H3,(H,18,19,20,21). The number of halogens is 2. The highest BCUT2D eigenvalue weighted by Gasteiger charge is 2.12. The molecule has 5 nitrogen and oxygen atoms in total. The Morgan fingerprint density at radius 2 is 2.21 bits per heavy atom. The predicted octanol–water partition coefficient (Wildman–Crippen LogP) is 5.01. The Morgan fingerprint density at radius 1 is 1.38 bits per heavy atom. The van der Waals surface area contributed by atoms with E-state index in [2.05, 4.69) is 30.6 Å². The van der Waals surface area contributed by atoms with Crippen molar-refractivity contribution in [3.05, 3.63) is 44.7 Å². The Hall–Kier alpha value is -1.48. The van der Waals surface area contributed by atoms with E-state index in [1.54, 1.807) is 18.2 Å². The number of nitrogens with one attached hydrogen (secondary N) is 1. The minimum absolute atomic E-state index is 0.111. The van der Waals surface area contributed by atoms with Crippen molar-refractivity contribution in [2.45, 2.75) is 6.92 Å². The Balaban J connectivity index is 1.57. The molecule has 0 radical (unpaired) electrons. The lowest BCUT2D eigenvalue weighted by molar-refractivity contribution is -0.118. The van der Waals surface area contributed by atoms with E-state index in [0.29, 0.717) is 21.7 Å². The van der Waals surface area contributed by atoms with E-state index in [9.17, 15) is 4.79 Å². The molecule has 0 bridgehead atoms. The fourth-order valence-electron chi connectivity index (χ4n) is 1.82. The first-order valence-corrected chi connectivity index (χ1v) is 9.55. The molecule has 24 heavy (non-hydrogen) atoms. The van der Waals surface area contributed by atoms with E-state index in [4.69, 9.17) is 16.3 Å². The first kappa shape index (κ1) is 17.3. The normalized spacial score (nSPS) is 10.6. The van der Waals surface area contributed by atoms with E-state index in [-0.39, 0.29) is 12.5 Å². The van der Waals surface area contributed by atoms with Gasteiger partial charge in [-0.2, -0.15) is 9.36 Å². The Bertz CT molecular complexity index is 881. The summed E-state index contributed by atoms with van der Waals surface area (Å²) in [6, 6.07) is 9.10. The van der Waals surface area contributed by atoms with Gasteiger partial charge in [-0.1, -0.05) is 11.6 Å². The summed E-state index contributed by atoms with van der Waals surface area (Å²) in [5, 5.41) is 3.78. The van der Waals surface area contributed by atoms with Crippen molar-refractivity contribution in [3.63, 3.8) is 0 Å². The minimum Gasteiger partial charge on any atom is -0.484 e. The number of aryl methyl sites for hydroxylation is 1. The van der Waals surface area contributed by atoms with Crippen LogP contribution in [0.25, 0.3) is 10.7 Å². The number of carbonyl (C=O) groups is 1. The summed E-state index contributed by atoms with van der Waals surface area (Å²) < 4.78 is 10.7. The van der Waals surface area contributed by atoms with Gasteiger partial charge in [0.2, 0.25) is 5.13 Å². The summed E-state index contributed by atoms with van der Waals surface area (Å²) in [4.78, 5) is 17.2. The third kappa shape index (κ3) is 4.32. The third-order valence-electron chi connectivity index (χ3n) is 2.97. The van der Waals surface area contributed by atoms with E-state index in [1.807, 2.05) is 19.1 Å². The molecule has 0 spiro atoms. The molecule has 0 aliphatic rings. The molecule has 9 heteroatoms. The first-order chi connectivity index (χ1) is 11.5. The van der Waals surface area contributed by atoms with Crippen LogP contribution in [0.1, 0.15) is 5.56 Å². The number of amides is 1. The van der Waals surface area contributed by atoms with Crippen LogP contribution in [0.2, 0.25) is 5.02 Å². The second kappa shape index (κ2) is 7.60. The SMILES string of the molecule is Cc1cc(OCC(=O)Nc2nc(-c3ccc(Br)s3)ns2)ccc1Cl. The zero-order chi connectivity index (χ0) is 17.1. The maximum absolute atomic E-state index is 12.0. The van der Waals surface area contributed by atoms with E-state index in [0.717, 1.165) is 25.8 Å². The van der Waals surface area contributed by atoms with E-state index < -0.39 is 0 Å². The minimum atomic E-state index is -0.294. The molecule has 0 atom stereocenters. The molecule has 124 valence electrons. The zero-order valence-electron chi connectivity index (χ0n) is 12.4. The molecule has 1 aromatic carbocycles. The van der Waals surface area contributed by atoms with Gasteiger partial charge in [0.1, 0.15) is 5.75 Å². The predicted molar refractivity (Wildman–Crippen MR) is 101 cm³/mol. The maximum Gasteiger partial charge on any atom is 0.264 e. The Kier molecular flexibility index (Phi) is 5.50. The van der Waals surface area contributed by atoms with E-state index >= 15 is 0 Å². The number of hydrogen-bond acceptors (Lipinski definition) is 6. The topological polar surface area (TPSA) is 64.1 Å². The molecule has 2 heterocycles. The monoisotopic (exact) mass is 443 g/mol. The van der Waals surface area contributed by atoms with Crippen molar-refractivity contribution in [1.29, 1.82) is 0 Å². The molecular formula is C15H11BrClN3O2S2. The summed E-state index contributed by atoms with van der Waals surface area (Å²) in [5.74, 6) is 0.895. The van der Waals surface area contributed by atoms with Gasteiger partial charge in [0.25, 0.3) is 5.91 Å². The highest BCUT2D eigenvalue weighted by molar-refractivity contribution is 9.11. The van der Waals surface area contributed by atoms with Crippen LogP contribution in [0, 0.1) is 6.92 Å². The van der Waals surface area contributed by atoms with Crippen LogP contribution in [0.3, 0.4) is 0 Å². The summed E-state index contributed by atoms with van der Waals surface area (Å²) >= 11 is 12.0. The fourth-order valence-corrected chi connectivity index (χ4v) is 3.91. The highest BCUT2D eigenvalue weighted by atomic mass is 79.9. The number of benzene rings is 1. The van der Waals surface area contributed by atoms with Gasteiger partial charge in [0.15, 0.2) is 12.4 Å². The first-order valence-electron chi connectivity index (χ1n) is 6.79. The van der Waals surface area contributed by atoms with Gasteiger partial charge >= 0.3 is 0 Å². The molecule has 0 unspecified atom stereocenters. The van der Waals surface area contributed by atoms with Gasteiger partial charge in [-0.25, -0.2) is 0 Å². The van der Waals surface area contributed by atoms with Crippen LogP contribution >= 0.6 is 50.4 Å². The van der Waals surface area contributed by atoms with Gasteiger partial charge in [-0.15, -0.1) is 11.3 Å². The molecule has 1 N–H and O–H groups in total. The Morgan fingerprint density at radius 3 is 2.92 bits per heavy atom. The smallest absolute Gasteiger partial charge is 0.264 e. The van der Waals surface area contributed by atoms with Crippen molar-refractivity contribution in [2.24, 2.45) is 0 Å². The lowest BCUT2D eigenvalue weighted by atomic mass is 10.2. The number of thiophene rings is 1. The quantitative estimate of drug-likeness (QED) is 0.601. The van der Waals surface area contributed by atoms with Gasteiger partial charge in [-0.05, 0) is 58.7 Å². The van der Waals surface area contributed by atoms with Crippen LogP contribution in [-0.4, -0.2) is 21.9 Å². The summed E-state index contributed by atoms with van der Waals surface area (Å²) in [6.45, 7) is 1.77. The second-order valence-corrected chi connectivity index (χ2v) is 8.40. The molecule has 0 aliphatic carbocycles. The van der Waals surface area contributed by atoms with Gasteiger partial charge in [-0.3, -0.25) is 10.1 Å². The molecule has 2 aromatic heterocycles. The van der Waals surface area contributed by atoms with Crippen LogP contribution in [0.15, 0.2) is 34.1 Å². The average molecular weight is 445 g/mol. The number of rotatable bonds is 5. The molecule has 0 saturated carbocycles. The van der Waals surface area contributed by atoms with Crippen LogP contribution in [0.4, 0.5) is 5.13 Å². The number of aromatic nitrogens is 2. The average Bonchev–Trinajstić information content (AvgIpc) is 3.17. The van der Waals surface area contributed by atoms with Crippen molar-refractivity contribution in [1.82, 2.24) is 9.36 Å². The van der Waals surface area contributed by atoms with Gasteiger partial charge in [0, 0.05) is 16.6 Å². The van der Waals surface area contributed by atoms with Crippen molar-refractivity contribution in [2.75, 3.05) is 11.9 Å². The largest absolute Gasteiger partial charge is 0.484 e. The second-order valence-electron chi connectivity index (χ2n) is 4.77. The number of ether oxygens (including phenoxy) is 1.